The average molecular weight is 343 g/mol. The normalized spacial score (nSPS) is 10.2. The van der Waals surface area contributed by atoms with Gasteiger partial charge in [-0.05, 0) is 49.9 Å². The first-order valence-corrected chi connectivity index (χ1v) is 7.30. The molecule has 0 heterocycles. The molecule has 5 nitrogen and oxygen atoms in total. The summed E-state index contributed by atoms with van der Waals surface area (Å²) in [5.41, 5.74) is 1.50. The molecule has 0 atom stereocenters. The zero-order chi connectivity index (χ0) is 15.0. The molecule has 0 aliphatic heterocycles. The van der Waals surface area contributed by atoms with Gasteiger partial charge in [0.25, 0.3) is 0 Å². The Morgan fingerprint density at radius 3 is 2.60 bits per heavy atom. The molecule has 0 saturated heterocycles. The molecule has 0 fully saturated rings. The van der Waals surface area contributed by atoms with E-state index in [1.807, 2.05) is 13.0 Å². The van der Waals surface area contributed by atoms with Crippen molar-refractivity contribution in [1.82, 2.24) is 5.32 Å². The third-order valence-electron chi connectivity index (χ3n) is 2.76. The number of nitrogens with one attached hydrogen (secondary N) is 2. The van der Waals surface area contributed by atoms with Crippen LogP contribution in [0.25, 0.3) is 0 Å². The monoisotopic (exact) mass is 342 g/mol. The molecule has 110 valence electrons. The van der Waals surface area contributed by atoms with E-state index >= 15 is 0 Å². The number of carbonyl (C=O) groups excluding carboxylic acids is 2. The van der Waals surface area contributed by atoms with Crippen molar-refractivity contribution in [1.29, 1.82) is 0 Å². The maximum atomic E-state index is 11.7. The molecule has 0 spiro atoms. The lowest BCUT2D eigenvalue weighted by molar-refractivity contribution is -0.136. The van der Waals surface area contributed by atoms with Crippen LogP contribution >= 0.6 is 15.9 Å². The topological polar surface area (TPSA) is 78.4 Å². The maximum absolute atomic E-state index is 11.7. The molecule has 0 radical (unpaired) electrons. The highest BCUT2D eigenvalue weighted by Gasteiger charge is 2.13. The minimum absolute atomic E-state index is 0.150. The number of hydrogen-bond acceptors (Lipinski definition) is 3. The van der Waals surface area contributed by atoms with Crippen molar-refractivity contribution < 1.29 is 14.7 Å². The van der Waals surface area contributed by atoms with E-state index in [0.717, 1.165) is 22.9 Å². The van der Waals surface area contributed by atoms with Gasteiger partial charge < -0.3 is 15.7 Å². The summed E-state index contributed by atoms with van der Waals surface area (Å²) in [6.45, 7) is 2.44. The van der Waals surface area contributed by atoms with Crippen LogP contribution in [-0.4, -0.2) is 30.1 Å². The van der Waals surface area contributed by atoms with Gasteiger partial charge in [0, 0.05) is 23.3 Å². The number of carbonyl (C=O) groups is 2. The van der Waals surface area contributed by atoms with Gasteiger partial charge in [0.2, 0.25) is 0 Å². The lowest BCUT2D eigenvalue weighted by Gasteiger charge is -2.09. The van der Waals surface area contributed by atoms with Crippen LogP contribution in [0.5, 0.6) is 0 Å². The van der Waals surface area contributed by atoms with Crippen molar-refractivity contribution in [2.75, 3.05) is 18.5 Å². The summed E-state index contributed by atoms with van der Waals surface area (Å²) in [6, 6.07) is 5.41. The van der Waals surface area contributed by atoms with Crippen LogP contribution in [0.4, 0.5) is 5.69 Å². The minimum atomic E-state index is -0.669. The van der Waals surface area contributed by atoms with E-state index in [1.165, 1.54) is 0 Å². The van der Waals surface area contributed by atoms with Crippen LogP contribution < -0.4 is 10.6 Å². The number of anilines is 1. The fraction of sp³-hybridized carbons (Fsp3) is 0.429. The SMILES string of the molecule is Cc1cc(Br)ccc1NC(=O)C(=O)NCCCCCO. The Bertz CT molecular complexity index is 477. The summed E-state index contributed by atoms with van der Waals surface area (Å²) < 4.78 is 0.918. The Morgan fingerprint density at radius 1 is 1.20 bits per heavy atom. The van der Waals surface area contributed by atoms with Crippen molar-refractivity contribution in [2.45, 2.75) is 26.2 Å². The van der Waals surface area contributed by atoms with E-state index in [1.54, 1.807) is 12.1 Å². The molecule has 6 heteroatoms. The van der Waals surface area contributed by atoms with Crippen LogP contribution in [0.3, 0.4) is 0 Å². The minimum Gasteiger partial charge on any atom is -0.396 e. The number of halogens is 1. The molecule has 0 aliphatic rings. The van der Waals surface area contributed by atoms with Crippen LogP contribution in [0.1, 0.15) is 24.8 Å². The van der Waals surface area contributed by atoms with Gasteiger partial charge in [0.1, 0.15) is 0 Å². The van der Waals surface area contributed by atoms with Crippen LogP contribution in [0.15, 0.2) is 22.7 Å². The summed E-state index contributed by atoms with van der Waals surface area (Å²) in [7, 11) is 0. The van der Waals surface area contributed by atoms with Gasteiger partial charge in [-0.3, -0.25) is 9.59 Å². The Morgan fingerprint density at radius 2 is 1.95 bits per heavy atom. The highest BCUT2D eigenvalue weighted by Crippen LogP contribution is 2.19. The molecular weight excluding hydrogens is 324 g/mol. The fourth-order valence-electron chi connectivity index (χ4n) is 1.64. The average Bonchev–Trinajstić information content (AvgIpc) is 2.41. The number of benzene rings is 1. The summed E-state index contributed by atoms with van der Waals surface area (Å²) in [4.78, 5) is 23.3. The third kappa shape index (κ3) is 5.71. The van der Waals surface area contributed by atoms with E-state index < -0.39 is 11.8 Å². The number of amides is 2. The summed E-state index contributed by atoms with van der Waals surface area (Å²) in [5, 5.41) is 13.7. The molecule has 1 aromatic carbocycles. The van der Waals surface area contributed by atoms with Gasteiger partial charge in [-0.25, -0.2) is 0 Å². The molecule has 0 unspecified atom stereocenters. The second-order valence-corrected chi connectivity index (χ2v) is 5.37. The Hall–Kier alpha value is -1.40. The number of unbranched alkanes of at least 4 members (excludes halogenated alkanes) is 2. The summed E-state index contributed by atoms with van der Waals surface area (Å²) in [5.74, 6) is -1.31. The quantitative estimate of drug-likeness (QED) is 0.546. The standard InChI is InChI=1S/C14H19BrN2O3/c1-10-9-11(15)5-6-12(10)17-14(20)13(19)16-7-3-2-4-8-18/h5-6,9,18H,2-4,7-8H2,1H3,(H,16,19)(H,17,20). The third-order valence-corrected chi connectivity index (χ3v) is 3.26. The maximum Gasteiger partial charge on any atom is 0.313 e. The van der Waals surface area contributed by atoms with Crippen LogP contribution in [0, 0.1) is 6.92 Å². The van der Waals surface area contributed by atoms with E-state index in [9.17, 15) is 9.59 Å². The van der Waals surface area contributed by atoms with Gasteiger partial charge in [-0.1, -0.05) is 15.9 Å². The molecule has 0 aliphatic carbocycles. The van der Waals surface area contributed by atoms with E-state index in [0.29, 0.717) is 18.7 Å². The van der Waals surface area contributed by atoms with Gasteiger partial charge >= 0.3 is 11.8 Å². The lowest BCUT2D eigenvalue weighted by atomic mass is 10.2. The molecule has 1 aromatic rings. The highest BCUT2D eigenvalue weighted by molar-refractivity contribution is 9.10. The van der Waals surface area contributed by atoms with Gasteiger partial charge in [-0.2, -0.15) is 0 Å². The first-order valence-electron chi connectivity index (χ1n) is 6.51. The molecule has 1 rings (SSSR count). The Kier molecular flexibility index (Phi) is 7.25. The number of rotatable bonds is 6. The predicted octanol–water partition coefficient (Wildman–Crippen LogP) is 1.97. The van der Waals surface area contributed by atoms with Crippen molar-refractivity contribution in [3.63, 3.8) is 0 Å². The summed E-state index contributed by atoms with van der Waals surface area (Å²) in [6.07, 6.45) is 2.28. The second kappa shape index (κ2) is 8.71. The van der Waals surface area contributed by atoms with Crippen LogP contribution in [-0.2, 0) is 9.59 Å². The smallest absolute Gasteiger partial charge is 0.313 e. The lowest BCUT2D eigenvalue weighted by Crippen LogP contribution is -2.36. The van der Waals surface area contributed by atoms with Crippen molar-refractivity contribution in [3.8, 4) is 0 Å². The summed E-state index contributed by atoms with van der Waals surface area (Å²) >= 11 is 3.34. The molecule has 0 saturated carbocycles. The van der Waals surface area contributed by atoms with E-state index in [-0.39, 0.29) is 6.61 Å². The van der Waals surface area contributed by atoms with E-state index in [4.69, 9.17) is 5.11 Å². The zero-order valence-corrected chi connectivity index (χ0v) is 13.0. The van der Waals surface area contributed by atoms with Gasteiger partial charge in [0.05, 0.1) is 0 Å². The van der Waals surface area contributed by atoms with Gasteiger partial charge in [-0.15, -0.1) is 0 Å². The molecule has 0 aromatic heterocycles. The molecule has 0 bridgehead atoms. The first kappa shape index (κ1) is 16.7. The van der Waals surface area contributed by atoms with E-state index in [2.05, 4.69) is 26.6 Å². The van der Waals surface area contributed by atoms with Gasteiger partial charge in [0.15, 0.2) is 0 Å². The number of aliphatic hydroxyl groups is 1. The Labute approximate surface area is 126 Å². The molecule has 2 amide bonds. The second-order valence-electron chi connectivity index (χ2n) is 4.45. The number of aliphatic hydroxyl groups excluding tert-OH is 1. The first-order chi connectivity index (χ1) is 9.54. The molecule has 3 N–H and O–H groups in total. The van der Waals surface area contributed by atoms with Crippen molar-refractivity contribution >= 4 is 33.4 Å². The zero-order valence-electron chi connectivity index (χ0n) is 11.4. The highest BCUT2D eigenvalue weighted by atomic mass is 79.9. The number of aryl methyl sites for hydroxylation is 1. The number of hydrogen-bond donors (Lipinski definition) is 3. The molecule has 20 heavy (non-hydrogen) atoms. The molecular formula is C14H19BrN2O3. The predicted molar refractivity (Wildman–Crippen MR) is 81.5 cm³/mol. The largest absolute Gasteiger partial charge is 0.396 e. The Balaban J connectivity index is 2.39. The fourth-order valence-corrected chi connectivity index (χ4v) is 2.12. The van der Waals surface area contributed by atoms with Crippen molar-refractivity contribution in [3.05, 3.63) is 28.2 Å². The van der Waals surface area contributed by atoms with Crippen LogP contribution in [0.2, 0.25) is 0 Å². The van der Waals surface area contributed by atoms with Crippen molar-refractivity contribution in [2.24, 2.45) is 0 Å².